The molecular weight excluding hydrogens is 612 g/mol. The Kier molecular flexibility index (Phi) is 14.4. The standard InChI is InChI=1S/C32H29O7.C5H5.Fe/c1-36-27-18-20-29(21-19-27)39-32(35)26-14-16-28(17-15-26)38-30(33)9-3-2-6-22-37-31(34)25-12-10-24(11-13-25)23-7-4-5-8-23;1-2-4-5-3-1;/h4-5,7-8,10-21H,2-3,6,9,22H2,1H3;1-5H;/q-1;-5;. The van der Waals surface area contributed by atoms with Gasteiger partial charge >= 0.3 is 17.9 Å². The Morgan fingerprint density at radius 3 is 1.73 bits per heavy atom. The molecular formula is C37H34FeO7-6. The van der Waals surface area contributed by atoms with E-state index in [0.29, 0.717) is 47.6 Å². The van der Waals surface area contributed by atoms with Crippen LogP contribution in [-0.4, -0.2) is 31.6 Å². The topological polar surface area (TPSA) is 88.1 Å². The van der Waals surface area contributed by atoms with E-state index in [9.17, 15) is 14.4 Å². The molecule has 0 aliphatic rings. The minimum absolute atomic E-state index is 0. The van der Waals surface area contributed by atoms with Gasteiger partial charge in [0.25, 0.3) is 0 Å². The predicted molar refractivity (Wildman–Crippen MR) is 168 cm³/mol. The Balaban J connectivity index is 0.000000837. The second-order valence-electron chi connectivity index (χ2n) is 9.72. The first-order valence-electron chi connectivity index (χ1n) is 14.3. The van der Waals surface area contributed by atoms with Crippen molar-refractivity contribution in [3.05, 3.63) is 139 Å². The van der Waals surface area contributed by atoms with Crippen molar-refractivity contribution in [1.82, 2.24) is 0 Å². The average molecular weight is 647 g/mol. The number of benzene rings is 3. The molecule has 0 bridgehead atoms. The number of rotatable bonds is 12. The molecule has 0 heterocycles. The average Bonchev–Trinajstić information content (AvgIpc) is 3.82. The fraction of sp³-hybridized carbons (Fsp3) is 0.162. The number of esters is 3. The molecule has 7 nitrogen and oxygen atoms in total. The molecule has 5 aromatic rings. The summed E-state index contributed by atoms with van der Waals surface area (Å²) < 4.78 is 21.1. The first-order chi connectivity index (χ1) is 21.5. The van der Waals surface area contributed by atoms with Gasteiger partial charge in [0.1, 0.15) is 17.2 Å². The molecule has 0 saturated heterocycles. The molecule has 0 radical (unpaired) electrons. The van der Waals surface area contributed by atoms with Crippen LogP contribution in [0.5, 0.6) is 17.2 Å². The fourth-order valence-electron chi connectivity index (χ4n) is 4.13. The van der Waals surface area contributed by atoms with Crippen molar-refractivity contribution in [3.8, 4) is 28.4 Å². The second-order valence-corrected chi connectivity index (χ2v) is 9.72. The minimum atomic E-state index is -0.520. The van der Waals surface area contributed by atoms with E-state index in [-0.39, 0.29) is 42.0 Å². The Morgan fingerprint density at radius 2 is 1.13 bits per heavy atom. The first-order valence-corrected chi connectivity index (χ1v) is 14.3. The molecule has 238 valence electrons. The third kappa shape index (κ3) is 11.6. The van der Waals surface area contributed by atoms with E-state index in [0.717, 1.165) is 11.1 Å². The van der Waals surface area contributed by atoms with E-state index in [4.69, 9.17) is 18.9 Å². The summed E-state index contributed by atoms with van der Waals surface area (Å²) in [7, 11) is 1.56. The van der Waals surface area contributed by atoms with Crippen molar-refractivity contribution in [2.24, 2.45) is 0 Å². The van der Waals surface area contributed by atoms with Crippen molar-refractivity contribution in [3.63, 3.8) is 0 Å². The number of ether oxygens (including phenoxy) is 4. The van der Waals surface area contributed by atoms with Crippen LogP contribution in [0.15, 0.2) is 127 Å². The Morgan fingerprint density at radius 1 is 0.622 bits per heavy atom. The molecule has 0 spiro atoms. The van der Waals surface area contributed by atoms with Crippen LogP contribution in [0.3, 0.4) is 0 Å². The van der Waals surface area contributed by atoms with Crippen LogP contribution in [0.2, 0.25) is 0 Å². The van der Waals surface area contributed by atoms with Crippen LogP contribution in [0.1, 0.15) is 46.4 Å². The third-order valence-corrected chi connectivity index (χ3v) is 6.52. The summed E-state index contributed by atoms with van der Waals surface area (Å²) in [6, 6.07) is 38.2. The van der Waals surface area contributed by atoms with Gasteiger partial charge in [-0.3, -0.25) is 4.79 Å². The van der Waals surface area contributed by atoms with Gasteiger partial charge in [0, 0.05) is 29.1 Å². The van der Waals surface area contributed by atoms with Gasteiger partial charge in [0.05, 0.1) is 19.3 Å². The number of hydrogen-bond donors (Lipinski definition) is 0. The summed E-state index contributed by atoms with van der Waals surface area (Å²) in [6.45, 7) is 0.284. The maximum atomic E-state index is 12.3. The Labute approximate surface area is 273 Å². The van der Waals surface area contributed by atoms with Crippen LogP contribution in [0, 0.1) is 0 Å². The number of carbonyl (C=O) groups excluding carboxylic acids is 3. The van der Waals surface area contributed by atoms with Crippen LogP contribution < -0.4 is 14.2 Å². The third-order valence-electron chi connectivity index (χ3n) is 6.52. The molecule has 45 heavy (non-hydrogen) atoms. The number of hydrogen-bond acceptors (Lipinski definition) is 7. The van der Waals surface area contributed by atoms with Gasteiger partial charge in [-0.2, -0.15) is 12.1 Å². The Hall–Kier alpha value is -4.91. The molecule has 0 atom stereocenters. The van der Waals surface area contributed by atoms with Crippen molar-refractivity contribution in [1.29, 1.82) is 0 Å². The summed E-state index contributed by atoms with van der Waals surface area (Å²) >= 11 is 0. The van der Waals surface area contributed by atoms with Gasteiger partial charge < -0.3 is 49.3 Å². The van der Waals surface area contributed by atoms with Crippen molar-refractivity contribution >= 4 is 17.9 Å². The van der Waals surface area contributed by atoms with Gasteiger partial charge in [-0.25, -0.2) is 9.59 Å². The van der Waals surface area contributed by atoms with Gasteiger partial charge in [-0.15, -0.1) is 29.8 Å². The molecule has 8 heteroatoms. The van der Waals surface area contributed by atoms with Gasteiger partial charge in [0.15, 0.2) is 0 Å². The zero-order valence-electron chi connectivity index (χ0n) is 24.9. The van der Waals surface area contributed by atoms with E-state index >= 15 is 0 Å². The molecule has 0 saturated carbocycles. The fourth-order valence-corrected chi connectivity index (χ4v) is 4.13. The molecule has 0 aromatic heterocycles. The van der Waals surface area contributed by atoms with E-state index in [2.05, 4.69) is 0 Å². The van der Waals surface area contributed by atoms with Crippen molar-refractivity contribution in [2.75, 3.05) is 13.7 Å². The minimum Gasteiger partial charge on any atom is -0.748 e. The summed E-state index contributed by atoms with van der Waals surface area (Å²) in [6.07, 6.45) is 2.21. The molecule has 0 aliphatic heterocycles. The zero-order chi connectivity index (χ0) is 31.0. The summed E-state index contributed by atoms with van der Waals surface area (Å²) in [4.78, 5) is 36.7. The quantitative estimate of drug-likeness (QED) is 0.0446. The van der Waals surface area contributed by atoms with Crippen LogP contribution in [0.25, 0.3) is 11.1 Å². The maximum Gasteiger partial charge on any atom is 0.343 e. The van der Waals surface area contributed by atoms with Crippen LogP contribution in [-0.2, 0) is 26.6 Å². The van der Waals surface area contributed by atoms with Crippen molar-refractivity contribution in [2.45, 2.75) is 25.7 Å². The monoisotopic (exact) mass is 646 g/mol. The van der Waals surface area contributed by atoms with E-state index < -0.39 is 5.97 Å². The summed E-state index contributed by atoms with van der Waals surface area (Å²) in [5.41, 5.74) is 2.99. The Bertz CT molecular complexity index is 1540. The van der Waals surface area contributed by atoms with E-state index in [1.54, 1.807) is 55.6 Å². The predicted octanol–water partition coefficient (Wildman–Crippen LogP) is 8.03. The van der Waals surface area contributed by atoms with Gasteiger partial charge in [-0.1, -0.05) is 17.7 Å². The van der Waals surface area contributed by atoms with Crippen LogP contribution >= 0.6 is 0 Å². The normalized spacial score (nSPS) is 9.98. The smallest absolute Gasteiger partial charge is 0.343 e. The number of carbonyl (C=O) groups is 3. The molecule has 5 rings (SSSR count). The largest absolute Gasteiger partial charge is 0.748 e. The molecule has 0 N–H and O–H groups in total. The number of unbranched alkanes of at least 4 members (excludes halogenated alkanes) is 2. The molecule has 0 unspecified atom stereocenters. The summed E-state index contributed by atoms with van der Waals surface area (Å²) in [5.74, 6) is 0.156. The van der Waals surface area contributed by atoms with Crippen LogP contribution in [0.4, 0.5) is 0 Å². The maximum absolute atomic E-state index is 12.3. The van der Waals surface area contributed by atoms with Gasteiger partial charge in [-0.05, 0) is 67.8 Å². The van der Waals surface area contributed by atoms with Crippen molar-refractivity contribution < 1.29 is 50.4 Å². The molecule has 0 fully saturated rings. The number of methoxy groups -OCH3 is 1. The molecule has 0 amide bonds. The van der Waals surface area contributed by atoms with E-state index in [1.807, 2.05) is 66.7 Å². The van der Waals surface area contributed by atoms with Gasteiger partial charge in [0.2, 0.25) is 0 Å². The first kappa shape index (κ1) is 34.6. The molecule has 0 aliphatic carbocycles. The zero-order valence-corrected chi connectivity index (χ0v) is 26.0. The second kappa shape index (κ2) is 18.7. The van der Waals surface area contributed by atoms with E-state index in [1.165, 1.54) is 12.1 Å². The summed E-state index contributed by atoms with van der Waals surface area (Å²) in [5, 5.41) is 0. The SMILES string of the molecule is COc1ccc(OC(=O)c2ccc(OC(=O)CCCCCOC(=O)c3ccc(-[c-]4cccc4)cc3)cc2)cc1.[Fe].[cH-]1[cH-][cH-][cH-][cH-]1. The molecule has 5 aromatic carbocycles.